The van der Waals surface area contributed by atoms with Gasteiger partial charge < -0.3 is 15.9 Å². The summed E-state index contributed by atoms with van der Waals surface area (Å²) in [5, 5.41) is 18.7. The molecule has 14 heavy (non-hydrogen) atoms. The summed E-state index contributed by atoms with van der Waals surface area (Å²) in [7, 11) is 0. The Balaban J connectivity index is 2.99. The van der Waals surface area contributed by atoms with E-state index in [1.54, 1.807) is 0 Å². The van der Waals surface area contributed by atoms with Gasteiger partial charge in [0.2, 0.25) is 0 Å². The van der Waals surface area contributed by atoms with Crippen molar-refractivity contribution in [1.29, 1.82) is 0 Å². The first kappa shape index (κ1) is 11.2. The topological polar surface area (TPSA) is 66.5 Å². The normalized spacial score (nSPS) is 15.2. The van der Waals surface area contributed by atoms with E-state index in [1.165, 1.54) is 0 Å². The predicted molar refractivity (Wildman–Crippen MR) is 55.9 cm³/mol. The maximum atomic E-state index is 9.81. The van der Waals surface area contributed by atoms with E-state index in [1.807, 2.05) is 32.0 Å². The van der Waals surface area contributed by atoms with Crippen LogP contribution in [0.5, 0.6) is 0 Å². The van der Waals surface area contributed by atoms with Crippen LogP contribution in [0.15, 0.2) is 18.2 Å². The largest absolute Gasteiger partial charge is 0.395 e. The van der Waals surface area contributed by atoms with Crippen molar-refractivity contribution in [3.63, 3.8) is 0 Å². The van der Waals surface area contributed by atoms with Crippen molar-refractivity contribution in [2.45, 2.75) is 26.0 Å². The number of nitrogens with two attached hydrogens (primary N) is 1. The molecule has 0 fully saturated rings. The van der Waals surface area contributed by atoms with E-state index in [0.717, 1.165) is 16.7 Å². The molecule has 78 valence electrons. The SMILES string of the molecule is Cc1ccc(C)c(C(O)C(N)CO)c1. The van der Waals surface area contributed by atoms with Crippen molar-refractivity contribution >= 4 is 0 Å². The highest BCUT2D eigenvalue weighted by atomic mass is 16.3. The van der Waals surface area contributed by atoms with Crippen molar-refractivity contribution in [2.24, 2.45) is 5.73 Å². The van der Waals surface area contributed by atoms with Crippen LogP contribution >= 0.6 is 0 Å². The first-order valence-electron chi connectivity index (χ1n) is 4.68. The lowest BCUT2D eigenvalue weighted by molar-refractivity contribution is 0.109. The third-order valence-electron chi connectivity index (χ3n) is 2.37. The van der Waals surface area contributed by atoms with Crippen molar-refractivity contribution < 1.29 is 10.2 Å². The lowest BCUT2D eigenvalue weighted by Gasteiger charge is -2.19. The fourth-order valence-electron chi connectivity index (χ4n) is 1.41. The van der Waals surface area contributed by atoms with Gasteiger partial charge in [0.15, 0.2) is 0 Å². The van der Waals surface area contributed by atoms with E-state index in [0.29, 0.717) is 0 Å². The van der Waals surface area contributed by atoms with Crippen LogP contribution in [0.3, 0.4) is 0 Å². The first-order chi connectivity index (χ1) is 6.56. The van der Waals surface area contributed by atoms with Crippen LogP contribution in [-0.2, 0) is 0 Å². The number of hydrogen-bond acceptors (Lipinski definition) is 3. The second-order valence-electron chi connectivity index (χ2n) is 3.65. The van der Waals surface area contributed by atoms with Crippen LogP contribution in [0.2, 0.25) is 0 Å². The minimum absolute atomic E-state index is 0.214. The van der Waals surface area contributed by atoms with E-state index in [4.69, 9.17) is 10.8 Å². The summed E-state index contributed by atoms with van der Waals surface area (Å²) in [6, 6.07) is 5.21. The second-order valence-corrected chi connectivity index (χ2v) is 3.65. The van der Waals surface area contributed by atoms with Gasteiger partial charge in [0, 0.05) is 0 Å². The fourth-order valence-corrected chi connectivity index (χ4v) is 1.41. The molecule has 0 bridgehead atoms. The quantitative estimate of drug-likeness (QED) is 0.663. The van der Waals surface area contributed by atoms with Gasteiger partial charge in [0.05, 0.1) is 18.8 Å². The molecule has 0 saturated carbocycles. The number of aryl methyl sites for hydroxylation is 2. The molecule has 1 aromatic carbocycles. The summed E-state index contributed by atoms with van der Waals surface area (Å²) in [4.78, 5) is 0. The maximum absolute atomic E-state index is 9.81. The minimum atomic E-state index is -0.792. The van der Waals surface area contributed by atoms with Crippen LogP contribution in [0.1, 0.15) is 22.8 Å². The molecule has 3 nitrogen and oxygen atoms in total. The summed E-state index contributed by atoms with van der Waals surface area (Å²) in [5.41, 5.74) is 8.44. The summed E-state index contributed by atoms with van der Waals surface area (Å²) >= 11 is 0. The van der Waals surface area contributed by atoms with E-state index in [2.05, 4.69) is 0 Å². The van der Waals surface area contributed by atoms with Gasteiger partial charge in [-0.25, -0.2) is 0 Å². The van der Waals surface area contributed by atoms with Crippen molar-refractivity contribution in [3.05, 3.63) is 34.9 Å². The zero-order chi connectivity index (χ0) is 10.7. The van der Waals surface area contributed by atoms with Gasteiger partial charge in [-0.2, -0.15) is 0 Å². The van der Waals surface area contributed by atoms with Crippen molar-refractivity contribution in [1.82, 2.24) is 0 Å². The van der Waals surface area contributed by atoms with Crippen molar-refractivity contribution in [3.8, 4) is 0 Å². The van der Waals surface area contributed by atoms with Crippen LogP contribution < -0.4 is 5.73 Å². The zero-order valence-electron chi connectivity index (χ0n) is 8.57. The molecule has 2 atom stereocenters. The Morgan fingerprint density at radius 1 is 1.36 bits per heavy atom. The van der Waals surface area contributed by atoms with Gasteiger partial charge >= 0.3 is 0 Å². The summed E-state index contributed by atoms with van der Waals surface area (Å²) in [6.07, 6.45) is -0.792. The maximum Gasteiger partial charge on any atom is 0.0965 e. The van der Waals surface area contributed by atoms with E-state index in [-0.39, 0.29) is 6.61 Å². The highest BCUT2D eigenvalue weighted by molar-refractivity contribution is 5.32. The van der Waals surface area contributed by atoms with E-state index < -0.39 is 12.1 Å². The molecule has 0 aliphatic rings. The predicted octanol–water partition coefficient (Wildman–Crippen LogP) is 0.656. The smallest absolute Gasteiger partial charge is 0.0965 e. The molecule has 4 N–H and O–H groups in total. The first-order valence-corrected chi connectivity index (χ1v) is 4.68. The average Bonchev–Trinajstić information content (AvgIpc) is 2.19. The molecule has 0 amide bonds. The van der Waals surface area contributed by atoms with Gasteiger partial charge in [0.25, 0.3) is 0 Å². The van der Waals surface area contributed by atoms with E-state index >= 15 is 0 Å². The molecular weight excluding hydrogens is 178 g/mol. The molecule has 0 aromatic heterocycles. The Bertz CT molecular complexity index is 312. The zero-order valence-corrected chi connectivity index (χ0v) is 8.57. The fraction of sp³-hybridized carbons (Fsp3) is 0.455. The lowest BCUT2D eigenvalue weighted by atomic mass is 9.97. The number of aliphatic hydroxyl groups excluding tert-OH is 2. The average molecular weight is 195 g/mol. The molecule has 1 aromatic rings. The Morgan fingerprint density at radius 2 is 2.00 bits per heavy atom. The molecule has 0 aliphatic heterocycles. The van der Waals surface area contributed by atoms with Crippen molar-refractivity contribution in [2.75, 3.05) is 6.61 Å². The monoisotopic (exact) mass is 195 g/mol. The number of hydrogen-bond donors (Lipinski definition) is 3. The number of aliphatic hydroxyl groups is 2. The van der Waals surface area contributed by atoms with Gasteiger partial charge in [-0.3, -0.25) is 0 Å². The molecule has 0 saturated heterocycles. The standard InChI is InChI=1S/C11H17NO2/c1-7-3-4-8(2)9(5-7)11(14)10(12)6-13/h3-5,10-11,13-14H,6,12H2,1-2H3. The number of benzene rings is 1. The van der Waals surface area contributed by atoms with Gasteiger partial charge in [0.1, 0.15) is 0 Å². The Hall–Kier alpha value is -0.900. The van der Waals surface area contributed by atoms with Crippen LogP contribution in [0.25, 0.3) is 0 Å². The lowest BCUT2D eigenvalue weighted by Crippen LogP contribution is -2.32. The third-order valence-corrected chi connectivity index (χ3v) is 2.37. The summed E-state index contributed by atoms with van der Waals surface area (Å²) < 4.78 is 0. The molecule has 0 spiro atoms. The van der Waals surface area contributed by atoms with Crippen LogP contribution in [-0.4, -0.2) is 22.9 Å². The molecule has 0 heterocycles. The number of rotatable bonds is 3. The van der Waals surface area contributed by atoms with E-state index in [9.17, 15) is 5.11 Å². The Morgan fingerprint density at radius 3 is 2.57 bits per heavy atom. The van der Waals surface area contributed by atoms with Crippen LogP contribution in [0.4, 0.5) is 0 Å². The highest BCUT2D eigenvalue weighted by Crippen LogP contribution is 2.20. The minimum Gasteiger partial charge on any atom is -0.395 e. The Labute approximate surface area is 84.2 Å². The van der Waals surface area contributed by atoms with Gasteiger partial charge in [-0.15, -0.1) is 0 Å². The summed E-state index contributed by atoms with van der Waals surface area (Å²) in [6.45, 7) is 3.66. The second kappa shape index (κ2) is 4.55. The Kier molecular flexibility index (Phi) is 3.63. The molecule has 0 aliphatic carbocycles. The molecule has 3 heteroatoms. The van der Waals surface area contributed by atoms with Gasteiger partial charge in [-0.1, -0.05) is 23.8 Å². The third kappa shape index (κ3) is 2.32. The molecule has 0 radical (unpaired) electrons. The molecular formula is C11H17NO2. The summed E-state index contributed by atoms with van der Waals surface area (Å²) in [5.74, 6) is 0. The molecule has 1 rings (SSSR count). The van der Waals surface area contributed by atoms with Crippen LogP contribution in [0, 0.1) is 13.8 Å². The van der Waals surface area contributed by atoms with Gasteiger partial charge in [-0.05, 0) is 25.0 Å². The molecule has 2 unspecified atom stereocenters. The highest BCUT2D eigenvalue weighted by Gasteiger charge is 2.17.